The van der Waals surface area contributed by atoms with Crippen LogP contribution in [-0.4, -0.2) is 29.1 Å². The Kier molecular flexibility index (Phi) is 5.68. The van der Waals surface area contributed by atoms with E-state index in [-0.39, 0.29) is 0 Å². The van der Waals surface area contributed by atoms with Gasteiger partial charge in [-0.1, -0.05) is 19.0 Å². The molecule has 0 amide bonds. The van der Waals surface area contributed by atoms with E-state index in [9.17, 15) is 0 Å². The van der Waals surface area contributed by atoms with E-state index in [0.29, 0.717) is 12.5 Å². The fraction of sp³-hybridized carbons (Fsp3) is 0.692. The molecule has 0 aliphatic carbocycles. The van der Waals surface area contributed by atoms with Gasteiger partial charge in [-0.15, -0.1) is 0 Å². The summed E-state index contributed by atoms with van der Waals surface area (Å²) in [5, 5.41) is 4.07. The Labute approximate surface area is 109 Å². The average Bonchev–Trinajstić information content (AvgIpc) is 2.79. The maximum atomic E-state index is 5.96. The number of rotatable bonds is 6. The summed E-state index contributed by atoms with van der Waals surface area (Å²) in [6, 6.07) is 0. The zero-order valence-corrected chi connectivity index (χ0v) is 11.9. The Bertz CT molecular complexity index is 372. The van der Waals surface area contributed by atoms with Crippen LogP contribution in [-0.2, 0) is 19.4 Å². The van der Waals surface area contributed by atoms with Gasteiger partial charge in [0.25, 0.3) is 0 Å². The normalized spacial score (nSPS) is 11.9. The smallest absolute Gasteiger partial charge is 0.191 e. The summed E-state index contributed by atoms with van der Waals surface area (Å²) in [5.74, 6) is 1.51. The molecule has 1 rings (SSSR count). The third-order valence-electron chi connectivity index (χ3n) is 3.09. The van der Waals surface area contributed by atoms with Crippen LogP contribution in [0.15, 0.2) is 9.52 Å². The SMILES string of the molecule is CCc1noc(CC)c1CN=C(N)N(CC)CC. The predicted molar refractivity (Wildman–Crippen MR) is 73.5 cm³/mol. The van der Waals surface area contributed by atoms with Gasteiger partial charge in [-0.3, -0.25) is 0 Å². The summed E-state index contributed by atoms with van der Waals surface area (Å²) in [5.41, 5.74) is 8.05. The number of guanidine groups is 1. The number of nitrogens with two attached hydrogens (primary N) is 1. The van der Waals surface area contributed by atoms with Crippen LogP contribution in [0.4, 0.5) is 0 Å². The Morgan fingerprint density at radius 1 is 1.22 bits per heavy atom. The van der Waals surface area contributed by atoms with Gasteiger partial charge in [0, 0.05) is 25.1 Å². The van der Waals surface area contributed by atoms with E-state index in [0.717, 1.165) is 42.9 Å². The molecule has 5 heteroatoms. The van der Waals surface area contributed by atoms with Crippen LogP contribution in [0.25, 0.3) is 0 Å². The van der Waals surface area contributed by atoms with Gasteiger partial charge in [0.1, 0.15) is 5.76 Å². The highest BCUT2D eigenvalue weighted by molar-refractivity contribution is 5.78. The van der Waals surface area contributed by atoms with Gasteiger partial charge in [0.2, 0.25) is 0 Å². The first-order chi connectivity index (χ1) is 8.67. The van der Waals surface area contributed by atoms with E-state index in [1.54, 1.807) is 0 Å². The number of aryl methyl sites for hydroxylation is 2. The number of nitrogens with zero attached hydrogens (tertiary/aromatic N) is 3. The van der Waals surface area contributed by atoms with Crippen LogP contribution in [0.5, 0.6) is 0 Å². The zero-order chi connectivity index (χ0) is 13.5. The van der Waals surface area contributed by atoms with Crippen molar-refractivity contribution >= 4 is 5.96 Å². The van der Waals surface area contributed by atoms with Gasteiger partial charge < -0.3 is 15.2 Å². The van der Waals surface area contributed by atoms with Crippen LogP contribution >= 0.6 is 0 Å². The van der Waals surface area contributed by atoms with Crippen LogP contribution in [0.3, 0.4) is 0 Å². The first-order valence-corrected chi connectivity index (χ1v) is 6.68. The summed E-state index contributed by atoms with van der Waals surface area (Å²) in [6.07, 6.45) is 1.70. The van der Waals surface area contributed by atoms with Crippen LogP contribution < -0.4 is 5.73 Å². The lowest BCUT2D eigenvalue weighted by atomic mass is 10.1. The average molecular weight is 252 g/mol. The summed E-state index contributed by atoms with van der Waals surface area (Å²) < 4.78 is 5.31. The minimum atomic E-state index is 0.554. The van der Waals surface area contributed by atoms with Gasteiger partial charge >= 0.3 is 0 Å². The Balaban J connectivity index is 2.84. The zero-order valence-electron chi connectivity index (χ0n) is 11.9. The van der Waals surface area contributed by atoms with E-state index in [4.69, 9.17) is 10.3 Å². The van der Waals surface area contributed by atoms with Crippen molar-refractivity contribution < 1.29 is 4.52 Å². The molecule has 2 N–H and O–H groups in total. The lowest BCUT2D eigenvalue weighted by Gasteiger charge is -2.19. The van der Waals surface area contributed by atoms with Crippen LogP contribution in [0, 0.1) is 0 Å². The lowest BCUT2D eigenvalue weighted by molar-refractivity contribution is 0.380. The molecule has 102 valence electrons. The van der Waals surface area contributed by atoms with Crippen molar-refractivity contribution in [3.63, 3.8) is 0 Å². The van der Waals surface area contributed by atoms with Crippen molar-refractivity contribution in [2.45, 2.75) is 47.1 Å². The molecule has 0 spiro atoms. The predicted octanol–water partition coefficient (Wildman–Crippen LogP) is 1.96. The first kappa shape index (κ1) is 14.5. The van der Waals surface area contributed by atoms with Crippen molar-refractivity contribution in [1.82, 2.24) is 10.1 Å². The second kappa shape index (κ2) is 7.03. The summed E-state index contributed by atoms with van der Waals surface area (Å²) in [6.45, 7) is 10.6. The molecule has 18 heavy (non-hydrogen) atoms. The Morgan fingerprint density at radius 3 is 2.39 bits per heavy atom. The lowest BCUT2D eigenvalue weighted by Crippen LogP contribution is -2.37. The maximum Gasteiger partial charge on any atom is 0.191 e. The first-order valence-electron chi connectivity index (χ1n) is 6.68. The molecular formula is C13H24N4O. The number of hydrogen-bond acceptors (Lipinski definition) is 3. The maximum absolute atomic E-state index is 5.96. The molecule has 1 heterocycles. The Hall–Kier alpha value is -1.52. The highest BCUT2D eigenvalue weighted by Gasteiger charge is 2.13. The fourth-order valence-corrected chi connectivity index (χ4v) is 1.92. The molecule has 0 saturated heterocycles. The van der Waals surface area contributed by atoms with Crippen LogP contribution in [0.2, 0.25) is 0 Å². The van der Waals surface area contributed by atoms with E-state index in [2.05, 4.69) is 37.8 Å². The number of aliphatic imine (C=N–C) groups is 1. The minimum absolute atomic E-state index is 0.554. The molecule has 0 aliphatic heterocycles. The molecule has 5 nitrogen and oxygen atoms in total. The topological polar surface area (TPSA) is 67.6 Å². The van der Waals surface area contributed by atoms with Crippen molar-refractivity contribution in [3.05, 3.63) is 17.0 Å². The Morgan fingerprint density at radius 2 is 1.89 bits per heavy atom. The van der Waals surface area contributed by atoms with E-state index >= 15 is 0 Å². The second-order valence-corrected chi connectivity index (χ2v) is 4.08. The van der Waals surface area contributed by atoms with Crippen LogP contribution in [0.1, 0.15) is 44.7 Å². The summed E-state index contributed by atoms with van der Waals surface area (Å²) in [4.78, 5) is 6.48. The highest BCUT2D eigenvalue weighted by atomic mass is 16.5. The quantitative estimate of drug-likeness (QED) is 0.620. The van der Waals surface area contributed by atoms with E-state index in [1.165, 1.54) is 0 Å². The molecule has 0 radical (unpaired) electrons. The van der Waals surface area contributed by atoms with E-state index in [1.807, 2.05) is 4.90 Å². The fourth-order valence-electron chi connectivity index (χ4n) is 1.92. The monoisotopic (exact) mass is 252 g/mol. The third-order valence-corrected chi connectivity index (χ3v) is 3.09. The molecular weight excluding hydrogens is 228 g/mol. The second-order valence-electron chi connectivity index (χ2n) is 4.08. The van der Waals surface area contributed by atoms with Gasteiger partial charge in [0.15, 0.2) is 5.96 Å². The van der Waals surface area contributed by atoms with Crippen molar-refractivity contribution in [3.8, 4) is 0 Å². The molecule has 1 aromatic rings. The minimum Gasteiger partial charge on any atom is -0.370 e. The highest BCUT2D eigenvalue weighted by Crippen LogP contribution is 2.16. The van der Waals surface area contributed by atoms with Crippen molar-refractivity contribution in [2.24, 2.45) is 10.7 Å². The molecule has 0 fully saturated rings. The molecule has 0 unspecified atom stereocenters. The van der Waals surface area contributed by atoms with Crippen molar-refractivity contribution in [2.75, 3.05) is 13.1 Å². The van der Waals surface area contributed by atoms with Gasteiger partial charge in [-0.05, 0) is 20.3 Å². The molecule has 0 saturated carbocycles. The van der Waals surface area contributed by atoms with Gasteiger partial charge in [-0.25, -0.2) is 4.99 Å². The third kappa shape index (κ3) is 3.24. The molecule has 0 aliphatic rings. The number of aromatic nitrogens is 1. The van der Waals surface area contributed by atoms with E-state index < -0.39 is 0 Å². The summed E-state index contributed by atoms with van der Waals surface area (Å²) >= 11 is 0. The van der Waals surface area contributed by atoms with Gasteiger partial charge in [-0.2, -0.15) is 0 Å². The molecule has 0 bridgehead atoms. The molecule has 0 atom stereocenters. The summed E-state index contributed by atoms with van der Waals surface area (Å²) in [7, 11) is 0. The largest absolute Gasteiger partial charge is 0.370 e. The molecule has 1 aromatic heterocycles. The van der Waals surface area contributed by atoms with Gasteiger partial charge in [0.05, 0.1) is 12.2 Å². The molecule has 0 aromatic carbocycles. The standard InChI is InChI=1S/C13H24N4O/c1-5-11-10(12(6-2)18-16-11)9-15-13(14)17(7-3)8-4/h5-9H2,1-4H3,(H2,14,15). The van der Waals surface area contributed by atoms with Crippen molar-refractivity contribution in [1.29, 1.82) is 0 Å². The number of hydrogen-bond donors (Lipinski definition) is 1.